The minimum Gasteiger partial charge on any atom is -0.458 e. The van der Waals surface area contributed by atoms with E-state index in [-0.39, 0.29) is 30.2 Å². The van der Waals surface area contributed by atoms with Gasteiger partial charge in [-0.2, -0.15) is 0 Å². The Bertz CT molecular complexity index is 627. The third-order valence-electron chi connectivity index (χ3n) is 4.19. The predicted octanol–water partition coefficient (Wildman–Crippen LogP) is 1.21. The number of carbonyl (C=O) groups excluding carboxylic acids is 3. The molecule has 2 heterocycles. The van der Waals surface area contributed by atoms with Crippen LogP contribution in [0.4, 0.5) is 0 Å². The first-order valence-corrected chi connectivity index (χ1v) is 7.78. The Labute approximate surface area is 134 Å². The summed E-state index contributed by atoms with van der Waals surface area (Å²) in [6.07, 6.45) is 0.752. The summed E-state index contributed by atoms with van der Waals surface area (Å²) in [6.45, 7) is 4.90. The second-order valence-corrected chi connectivity index (χ2v) is 6.61. The Morgan fingerprint density at radius 1 is 1.26 bits per heavy atom. The summed E-state index contributed by atoms with van der Waals surface area (Å²) < 4.78 is 5.55. The van der Waals surface area contributed by atoms with Gasteiger partial charge in [-0.3, -0.25) is 19.3 Å². The lowest BCUT2D eigenvalue weighted by Crippen LogP contribution is -2.45. The first-order chi connectivity index (χ1) is 10.9. The van der Waals surface area contributed by atoms with Gasteiger partial charge in [-0.15, -0.1) is 0 Å². The van der Waals surface area contributed by atoms with Crippen molar-refractivity contribution < 1.29 is 19.1 Å². The Morgan fingerprint density at radius 2 is 1.87 bits per heavy atom. The largest absolute Gasteiger partial charge is 0.458 e. The quantitative estimate of drug-likeness (QED) is 0.667. The molecule has 0 saturated carbocycles. The maximum Gasteiger partial charge on any atom is 0.310 e. The van der Waals surface area contributed by atoms with Crippen molar-refractivity contribution in [3.05, 3.63) is 35.4 Å². The lowest BCUT2D eigenvalue weighted by atomic mass is 10.1. The summed E-state index contributed by atoms with van der Waals surface area (Å²) in [5.41, 5.74) is -0.119. The number of benzene rings is 1. The van der Waals surface area contributed by atoms with Crippen LogP contribution < -0.4 is 5.32 Å². The fourth-order valence-corrected chi connectivity index (χ4v) is 3.01. The highest BCUT2D eigenvalue weighted by atomic mass is 16.6. The molecule has 6 heteroatoms. The molecule has 0 unspecified atom stereocenters. The molecule has 0 aliphatic carbocycles. The molecule has 2 amide bonds. The molecule has 0 aromatic heterocycles. The zero-order valence-electron chi connectivity index (χ0n) is 13.3. The van der Waals surface area contributed by atoms with Crippen molar-refractivity contribution in [1.82, 2.24) is 10.2 Å². The molecule has 1 atom stereocenters. The monoisotopic (exact) mass is 316 g/mol. The number of amides is 2. The van der Waals surface area contributed by atoms with Gasteiger partial charge in [-0.1, -0.05) is 12.1 Å². The number of nitrogens with zero attached hydrogens (tertiary/aromatic N) is 1. The molecule has 1 aromatic rings. The fraction of sp³-hybridized carbons (Fsp3) is 0.471. The van der Waals surface area contributed by atoms with Crippen LogP contribution in [0.15, 0.2) is 24.3 Å². The number of carbonyl (C=O) groups is 3. The van der Waals surface area contributed by atoms with E-state index in [1.54, 1.807) is 38.1 Å². The van der Waals surface area contributed by atoms with Gasteiger partial charge in [0, 0.05) is 6.54 Å². The van der Waals surface area contributed by atoms with Gasteiger partial charge in [0.05, 0.1) is 23.6 Å². The molecule has 2 aliphatic heterocycles. The van der Waals surface area contributed by atoms with Crippen LogP contribution in [0.5, 0.6) is 0 Å². The van der Waals surface area contributed by atoms with Crippen molar-refractivity contribution in [2.24, 2.45) is 5.92 Å². The minimum atomic E-state index is -0.924. The maximum absolute atomic E-state index is 12.4. The van der Waals surface area contributed by atoms with Crippen LogP contribution in [-0.4, -0.2) is 47.9 Å². The number of imide groups is 1. The summed E-state index contributed by atoms with van der Waals surface area (Å²) in [7, 11) is 0. The Balaban J connectivity index is 1.70. The average Bonchev–Trinajstić information content (AvgIpc) is 3.11. The average molecular weight is 316 g/mol. The molecule has 0 radical (unpaired) electrons. The maximum atomic E-state index is 12.4. The molecular formula is C17H20N2O4. The standard InChI is InChI=1S/C17H20N2O4/c1-17(2,23-16(22)11-7-8-18-9-11)10-19-14(20)12-5-3-4-6-13(12)15(19)21/h3-6,11,18H,7-10H2,1-2H3/t11-/m1/s1. The Morgan fingerprint density at radius 3 is 2.39 bits per heavy atom. The molecular weight excluding hydrogens is 296 g/mol. The lowest BCUT2D eigenvalue weighted by molar-refractivity contribution is -0.161. The molecule has 2 aliphatic rings. The topological polar surface area (TPSA) is 75.7 Å². The molecule has 122 valence electrons. The zero-order chi connectivity index (χ0) is 16.6. The van der Waals surface area contributed by atoms with E-state index >= 15 is 0 Å². The number of hydrogen-bond acceptors (Lipinski definition) is 5. The Hall–Kier alpha value is -2.21. The number of esters is 1. The number of nitrogens with one attached hydrogen (secondary N) is 1. The van der Waals surface area contributed by atoms with Gasteiger partial charge >= 0.3 is 5.97 Å². The highest BCUT2D eigenvalue weighted by Gasteiger charge is 2.40. The van der Waals surface area contributed by atoms with Gasteiger partial charge in [0.25, 0.3) is 11.8 Å². The normalized spacial score (nSPS) is 20.8. The molecule has 0 spiro atoms. The molecule has 1 aromatic carbocycles. The Kier molecular flexibility index (Phi) is 3.93. The first kappa shape index (κ1) is 15.7. The van der Waals surface area contributed by atoms with E-state index in [1.807, 2.05) is 0 Å². The third-order valence-corrected chi connectivity index (χ3v) is 4.19. The molecule has 1 fully saturated rings. The molecule has 0 bridgehead atoms. The van der Waals surface area contributed by atoms with Gasteiger partial charge in [0.2, 0.25) is 0 Å². The van der Waals surface area contributed by atoms with Crippen molar-refractivity contribution in [1.29, 1.82) is 0 Å². The third kappa shape index (κ3) is 2.99. The minimum absolute atomic E-state index is 0.0469. The van der Waals surface area contributed by atoms with Crippen LogP contribution in [0.2, 0.25) is 0 Å². The van der Waals surface area contributed by atoms with Crippen LogP contribution >= 0.6 is 0 Å². The predicted molar refractivity (Wildman–Crippen MR) is 83.0 cm³/mol. The summed E-state index contributed by atoms with van der Waals surface area (Å²) in [5.74, 6) is -1.11. The number of ether oxygens (including phenoxy) is 1. The second-order valence-electron chi connectivity index (χ2n) is 6.61. The van der Waals surface area contributed by atoms with E-state index in [0.717, 1.165) is 17.9 Å². The van der Waals surface area contributed by atoms with E-state index < -0.39 is 5.60 Å². The van der Waals surface area contributed by atoms with E-state index in [2.05, 4.69) is 5.32 Å². The number of fused-ring (bicyclic) bond motifs is 1. The van der Waals surface area contributed by atoms with Crippen LogP contribution in [0, 0.1) is 5.92 Å². The molecule has 6 nitrogen and oxygen atoms in total. The first-order valence-electron chi connectivity index (χ1n) is 7.78. The van der Waals surface area contributed by atoms with Crippen molar-refractivity contribution >= 4 is 17.8 Å². The smallest absolute Gasteiger partial charge is 0.310 e. The van der Waals surface area contributed by atoms with Gasteiger partial charge < -0.3 is 10.1 Å². The number of rotatable bonds is 4. The summed E-state index contributed by atoms with van der Waals surface area (Å²) >= 11 is 0. The van der Waals surface area contributed by atoms with E-state index in [4.69, 9.17) is 4.74 Å². The van der Waals surface area contributed by atoms with Crippen molar-refractivity contribution in [3.8, 4) is 0 Å². The van der Waals surface area contributed by atoms with Crippen molar-refractivity contribution in [2.45, 2.75) is 25.9 Å². The fourth-order valence-electron chi connectivity index (χ4n) is 3.01. The van der Waals surface area contributed by atoms with Crippen LogP contribution in [0.3, 0.4) is 0 Å². The number of hydrogen-bond donors (Lipinski definition) is 1. The highest BCUT2D eigenvalue weighted by Crippen LogP contribution is 2.26. The van der Waals surface area contributed by atoms with Crippen molar-refractivity contribution in [3.63, 3.8) is 0 Å². The summed E-state index contributed by atoms with van der Waals surface area (Å²) in [4.78, 5) is 38.1. The molecule has 1 N–H and O–H groups in total. The van der Waals surface area contributed by atoms with E-state index in [9.17, 15) is 14.4 Å². The SMILES string of the molecule is CC(C)(CN1C(=O)c2ccccc2C1=O)OC(=O)[C@@H]1CCNC1. The second kappa shape index (κ2) is 5.77. The summed E-state index contributed by atoms with van der Waals surface area (Å²) in [5, 5.41) is 3.12. The van der Waals surface area contributed by atoms with Gasteiger partial charge in [0.1, 0.15) is 5.60 Å². The van der Waals surface area contributed by atoms with Crippen molar-refractivity contribution in [2.75, 3.05) is 19.6 Å². The van der Waals surface area contributed by atoms with Gasteiger partial charge in [-0.25, -0.2) is 0 Å². The van der Waals surface area contributed by atoms with Crippen LogP contribution in [0.25, 0.3) is 0 Å². The molecule has 3 rings (SSSR count). The van der Waals surface area contributed by atoms with Gasteiger partial charge in [-0.05, 0) is 38.9 Å². The molecule has 23 heavy (non-hydrogen) atoms. The molecule has 1 saturated heterocycles. The lowest BCUT2D eigenvalue weighted by Gasteiger charge is -2.30. The van der Waals surface area contributed by atoms with Crippen LogP contribution in [-0.2, 0) is 9.53 Å². The van der Waals surface area contributed by atoms with Crippen LogP contribution in [0.1, 0.15) is 41.0 Å². The highest BCUT2D eigenvalue weighted by molar-refractivity contribution is 6.21. The summed E-state index contributed by atoms with van der Waals surface area (Å²) in [6, 6.07) is 6.73. The van der Waals surface area contributed by atoms with Gasteiger partial charge in [0.15, 0.2) is 0 Å². The van der Waals surface area contributed by atoms with E-state index in [0.29, 0.717) is 17.7 Å². The van der Waals surface area contributed by atoms with E-state index in [1.165, 1.54) is 0 Å². The zero-order valence-corrected chi connectivity index (χ0v) is 13.3.